The topological polar surface area (TPSA) is 29.1 Å². The Labute approximate surface area is 84.2 Å². The summed E-state index contributed by atoms with van der Waals surface area (Å²) in [5.74, 6) is -3.35. The first-order chi connectivity index (χ1) is 5.91. The Hall–Kier alpha value is -0.190. The molecule has 0 spiro atoms. The Bertz CT molecular complexity index is 200. The molecule has 0 aromatic rings. The number of hydrogen-bond acceptors (Lipinski definition) is 1. The minimum absolute atomic E-state index is 0.178. The van der Waals surface area contributed by atoms with Crippen LogP contribution >= 0.6 is 15.9 Å². The maximum absolute atomic E-state index is 12.4. The quantitative estimate of drug-likeness (QED) is 0.768. The summed E-state index contributed by atoms with van der Waals surface area (Å²) in [6.45, 7) is 2.37. The lowest BCUT2D eigenvalue weighted by Crippen LogP contribution is -2.45. The molecule has 1 fully saturated rings. The zero-order valence-corrected chi connectivity index (χ0v) is 8.90. The van der Waals surface area contributed by atoms with Crippen LogP contribution in [0.15, 0.2) is 0 Å². The summed E-state index contributed by atoms with van der Waals surface area (Å²) in [5, 5.41) is 2.60. The van der Waals surface area contributed by atoms with E-state index in [9.17, 15) is 13.6 Å². The highest BCUT2D eigenvalue weighted by Gasteiger charge is 2.48. The Morgan fingerprint density at radius 3 is 2.62 bits per heavy atom. The normalized spacial score (nSPS) is 23.4. The van der Waals surface area contributed by atoms with Crippen LogP contribution in [0.5, 0.6) is 0 Å². The molecule has 5 heteroatoms. The first-order valence-corrected chi connectivity index (χ1v) is 5.12. The van der Waals surface area contributed by atoms with Crippen LogP contribution in [0.2, 0.25) is 0 Å². The SMILES string of the molecule is CC(Br)CNC(=O)C1CC(F)(F)C1. The fourth-order valence-corrected chi connectivity index (χ4v) is 1.39. The summed E-state index contributed by atoms with van der Waals surface area (Å²) in [6, 6.07) is 0. The van der Waals surface area contributed by atoms with Gasteiger partial charge in [-0.05, 0) is 0 Å². The number of carbonyl (C=O) groups is 1. The minimum Gasteiger partial charge on any atom is -0.355 e. The van der Waals surface area contributed by atoms with Crippen molar-refractivity contribution in [3.8, 4) is 0 Å². The third kappa shape index (κ3) is 3.21. The molecule has 0 aromatic heterocycles. The fourth-order valence-electron chi connectivity index (χ4n) is 1.23. The van der Waals surface area contributed by atoms with E-state index in [-0.39, 0.29) is 23.6 Å². The van der Waals surface area contributed by atoms with Gasteiger partial charge < -0.3 is 5.32 Å². The molecular weight excluding hydrogens is 244 g/mol. The summed E-state index contributed by atoms with van der Waals surface area (Å²) in [7, 11) is 0. The Balaban J connectivity index is 2.20. The van der Waals surface area contributed by atoms with E-state index < -0.39 is 11.8 Å². The van der Waals surface area contributed by atoms with E-state index in [1.54, 1.807) is 0 Å². The van der Waals surface area contributed by atoms with Crippen molar-refractivity contribution in [2.75, 3.05) is 6.54 Å². The van der Waals surface area contributed by atoms with Gasteiger partial charge in [0.1, 0.15) is 0 Å². The van der Waals surface area contributed by atoms with Crippen LogP contribution in [0.25, 0.3) is 0 Å². The highest BCUT2D eigenvalue weighted by Crippen LogP contribution is 2.42. The van der Waals surface area contributed by atoms with E-state index in [1.807, 2.05) is 6.92 Å². The summed E-state index contributed by atoms with van der Waals surface area (Å²) >= 11 is 3.25. The molecule has 0 radical (unpaired) electrons. The zero-order valence-electron chi connectivity index (χ0n) is 7.32. The van der Waals surface area contributed by atoms with Crippen LogP contribution < -0.4 is 5.32 Å². The summed E-state index contributed by atoms with van der Waals surface area (Å²) < 4.78 is 24.7. The van der Waals surface area contributed by atoms with Gasteiger partial charge >= 0.3 is 0 Å². The Morgan fingerprint density at radius 1 is 1.69 bits per heavy atom. The monoisotopic (exact) mass is 255 g/mol. The number of rotatable bonds is 3. The van der Waals surface area contributed by atoms with Gasteiger partial charge in [0, 0.05) is 30.1 Å². The molecule has 0 bridgehead atoms. The van der Waals surface area contributed by atoms with E-state index in [2.05, 4.69) is 21.2 Å². The maximum atomic E-state index is 12.4. The smallest absolute Gasteiger partial charge is 0.249 e. The maximum Gasteiger partial charge on any atom is 0.249 e. The molecule has 13 heavy (non-hydrogen) atoms. The number of hydrogen-bond donors (Lipinski definition) is 1. The van der Waals surface area contributed by atoms with Crippen molar-refractivity contribution >= 4 is 21.8 Å². The van der Waals surface area contributed by atoms with Gasteiger partial charge in [-0.2, -0.15) is 0 Å². The van der Waals surface area contributed by atoms with Gasteiger partial charge in [0.15, 0.2) is 0 Å². The van der Waals surface area contributed by atoms with Gasteiger partial charge in [-0.1, -0.05) is 22.9 Å². The third-order valence-corrected chi connectivity index (χ3v) is 2.34. The molecule has 2 nitrogen and oxygen atoms in total. The largest absolute Gasteiger partial charge is 0.355 e. The predicted molar refractivity (Wildman–Crippen MR) is 49.1 cm³/mol. The van der Waals surface area contributed by atoms with Crippen molar-refractivity contribution in [2.45, 2.75) is 30.5 Å². The second-order valence-electron chi connectivity index (χ2n) is 3.49. The summed E-state index contributed by atoms with van der Waals surface area (Å²) in [6.07, 6.45) is -0.592. The van der Waals surface area contributed by atoms with E-state index in [0.717, 1.165) is 0 Å². The molecule has 1 amide bonds. The number of amides is 1. The molecule has 0 heterocycles. The van der Waals surface area contributed by atoms with Gasteiger partial charge in [0.25, 0.3) is 0 Å². The number of halogens is 3. The van der Waals surface area contributed by atoms with Gasteiger partial charge in [0.2, 0.25) is 11.8 Å². The lowest BCUT2D eigenvalue weighted by Gasteiger charge is -2.33. The van der Waals surface area contributed by atoms with Crippen molar-refractivity contribution in [1.82, 2.24) is 5.32 Å². The first kappa shape index (κ1) is 10.9. The molecule has 1 atom stereocenters. The lowest BCUT2D eigenvalue weighted by atomic mass is 9.81. The van der Waals surface area contributed by atoms with Crippen LogP contribution in [0, 0.1) is 5.92 Å². The average Bonchev–Trinajstić information content (AvgIpc) is 1.95. The van der Waals surface area contributed by atoms with Crippen molar-refractivity contribution in [2.24, 2.45) is 5.92 Å². The molecule has 1 N–H and O–H groups in total. The number of alkyl halides is 3. The van der Waals surface area contributed by atoms with Crippen LogP contribution in [0.1, 0.15) is 19.8 Å². The van der Waals surface area contributed by atoms with Gasteiger partial charge in [0.05, 0.1) is 0 Å². The second kappa shape index (κ2) is 3.90. The molecule has 1 rings (SSSR count). The minimum atomic E-state index is -2.61. The van der Waals surface area contributed by atoms with Crippen LogP contribution in [-0.2, 0) is 4.79 Å². The molecule has 76 valence electrons. The molecule has 0 saturated heterocycles. The highest BCUT2D eigenvalue weighted by molar-refractivity contribution is 9.09. The van der Waals surface area contributed by atoms with Crippen molar-refractivity contribution < 1.29 is 13.6 Å². The second-order valence-corrected chi connectivity index (χ2v) is 5.05. The standard InChI is InChI=1S/C8H12BrF2NO/c1-5(9)4-12-7(13)6-2-8(10,11)3-6/h5-6H,2-4H2,1H3,(H,12,13). The molecule has 0 aliphatic heterocycles. The molecule has 1 saturated carbocycles. The van der Waals surface area contributed by atoms with Crippen molar-refractivity contribution in [3.63, 3.8) is 0 Å². The Kier molecular flexibility index (Phi) is 3.27. The van der Waals surface area contributed by atoms with Crippen LogP contribution in [0.3, 0.4) is 0 Å². The Morgan fingerprint density at radius 2 is 2.23 bits per heavy atom. The van der Waals surface area contributed by atoms with Gasteiger partial charge in [-0.3, -0.25) is 4.79 Å². The number of carbonyl (C=O) groups excluding carboxylic acids is 1. The molecule has 1 aliphatic carbocycles. The average molecular weight is 256 g/mol. The van der Waals surface area contributed by atoms with Gasteiger partial charge in [-0.25, -0.2) is 8.78 Å². The van der Waals surface area contributed by atoms with E-state index >= 15 is 0 Å². The summed E-state index contributed by atoms with van der Waals surface area (Å²) in [4.78, 5) is 11.3. The molecule has 1 aliphatic rings. The van der Waals surface area contributed by atoms with Gasteiger partial charge in [-0.15, -0.1) is 0 Å². The van der Waals surface area contributed by atoms with E-state index in [1.165, 1.54) is 0 Å². The van der Waals surface area contributed by atoms with Crippen LogP contribution in [0.4, 0.5) is 8.78 Å². The van der Waals surface area contributed by atoms with Crippen LogP contribution in [-0.4, -0.2) is 23.2 Å². The predicted octanol–water partition coefficient (Wildman–Crippen LogP) is 1.93. The molecule has 1 unspecified atom stereocenters. The van der Waals surface area contributed by atoms with E-state index in [0.29, 0.717) is 6.54 Å². The lowest BCUT2D eigenvalue weighted by molar-refractivity contribution is -0.150. The summed E-state index contributed by atoms with van der Waals surface area (Å²) in [5.41, 5.74) is 0. The number of nitrogens with one attached hydrogen (secondary N) is 1. The zero-order chi connectivity index (χ0) is 10.1. The highest BCUT2D eigenvalue weighted by atomic mass is 79.9. The molecular formula is C8H12BrF2NO. The van der Waals surface area contributed by atoms with E-state index in [4.69, 9.17) is 0 Å². The fraction of sp³-hybridized carbons (Fsp3) is 0.875. The first-order valence-electron chi connectivity index (χ1n) is 4.20. The third-order valence-electron chi connectivity index (χ3n) is 2.02. The van der Waals surface area contributed by atoms with Crippen molar-refractivity contribution in [3.05, 3.63) is 0 Å². The van der Waals surface area contributed by atoms with Crippen molar-refractivity contribution in [1.29, 1.82) is 0 Å². The molecule has 0 aromatic carbocycles.